The van der Waals surface area contributed by atoms with Crippen LogP contribution in [0, 0.1) is 5.92 Å². The van der Waals surface area contributed by atoms with Gasteiger partial charge in [0.25, 0.3) is 5.91 Å². The summed E-state index contributed by atoms with van der Waals surface area (Å²) in [6, 6.07) is 7.92. The number of amides is 1. The lowest BCUT2D eigenvalue weighted by atomic mass is 9.93. The van der Waals surface area contributed by atoms with Crippen LogP contribution in [-0.4, -0.2) is 70.8 Å². The number of halogens is 1. The zero-order valence-electron chi connectivity index (χ0n) is 20.9. The minimum absolute atomic E-state index is 0.0235. The number of rotatable bonds is 7. The van der Waals surface area contributed by atoms with Crippen LogP contribution in [0.1, 0.15) is 48.9 Å². The van der Waals surface area contributed by atoms with E-state index >= 15 is 0 Å². The number of morpholine rings is 1. The smallest absolute Gasteiger partial charge is 0.254 e. The molecule has 2 saturated carbocycles. The van der Waals surface area contributed by atoms with Gasteiger partial charge in [-0.2, -0.15) is 0 Å². The van der Waals surface area contributed by atoms with Gasteiger partial charge in [0.1, 0.15) is 5.15 Å². The predicted octanol–water partition coefficient (Wildman–Crippen LogP) is 4.97. The fourth-order valence-electron chi connectivity index (χ4n) is 5.13. The minimum atomic E-state index is 0.0235. The highest BCUT2D eigenvalue weighted by atomic mass is 35.5. The highest BCUT2D eigenvalue weighted by Gasteiger charge is 2.26. The maximum absolute atomic E-state index is 12.8. The van der Waals surface area contributed by atoms with Crippen LogP contribution in [0.25, 0.3) is 22.0 Å². The Bertz CT molecular complexity index is 1250. The van der Waals surface area contributed by atoms with Gasteiger partial charge in [0.05, 0.1) is 30.2 Å². The van der Waals surface area contributed by atoms with E-state index in [0.29, 0.717) is 60.5 Å². The number of hydrogen-bond acceptors (Lipinski definition) is 7. The Hall–Kier alpha value is -2.81. The number of nitrogens with one attached hydrogen (secondary N) is 1. The molecule has 3 heterocycles. The largest absolute Gasteiger partial charge is 0.378 e. The van der Waals surface area contributed by atoms with Crippen LogP contribution in [0.2, 0.25) is 5.15 Å². The molecule has 0 unspecified atom stereocenters. The van der Waals surface area contributed by atoms with Crippen molar-refractivity contribution in [2.75, 3.05) is 38.2 Å². The summed E-state index contributed by atoms with van der Waals surface area (Å²) in [6.45, 7) is 3.33. The molecular formula is C28H32ClN5O3. The Morgan fingerprint density at radius 3 is 2.51 bits per heavy atom. The summed E-state index contributed by atoms with van der Waals surface area (Å²) in [6.07, 6.45) is 10.7. The number of carbonyl (C=O) groups excluding carboxylic acids is 1. The molecule has 2 aliphatic carbocycles. The predicted molar refractivity (Wildman–Crippen MR) is 143 cm³/mol. The molecule has 9 heteroatoms. The van der Waals surface area contributed by atoms with E-state index in [1.54, 1.807) is 12.4 Å². The van der Waals surface area contributed by atoms with E-state index < -0.39 is 0 Å². The Labute approximate surface area is 221 Å². The Kier molecular flexibility index (Phi) is 7.22. The number of aromatic nitrogens is 3. The van der Waals surface area contributed by atoms with Crippen LogP contribution < -0.4 is 5.32 Å². The van der Waals surface area contributed by atoms with Crippen LogP contribution in [-0.2, 0) is 9.47 Å². The van der Waals surface area contributed by atoms with E-state index in [-0.39, 0.29) is 5.91 Å². The molecule has 0 bridgehead atoms. The molecule has 1 saturated heterocycles. The second-order valence-corrected chi connectivity index (χ2v) is 10.7. The zero-order chi connectivity index (χ0) is 25.2. The van der Waals surface area contributed by atoms with Gasteiger partial charge in [-0.3, -0.25) is 4.79 Å². The van der Waals surface area contributed by atoms with Gasteiger partial charge >= 0.3 is 0 Å². The van der Waals surface area contributed by atoms with Crippen molar-refractivity contribution in [1.29, 1.82) is 0 Å². The van der Waals surface area contributed by atoms with Gasteiger partial charge in [-0.15, -0.1) is 0 Å². The number of ether oxygens (including phenoxy) is 2. The van der Waals surface area contributed by atoms with Crippen molar-refractivity contribution < 1.29 is 14.3 Å². The van der Waals surface area contributed by atoms with Crippen molar-refractivity contribution in [3.63, 3.8) is 0 Å². The number of hydrogen-bond donors (Lipinski definition) is 1. The summed E-state index contributed by atoms with van der Waals surface area (Å²) < 4.78 is 11.4. The van der Waals surface area contributed by atoms with Crippen molar-refractivity contribution >= 4 is 34.4 Å². The fraction of sp³-hybridized carbons (Fsp3) is 0.500. The lowest BCUT2D eigenvalue weighted by molar-refractivity contribution is 0.0203. The molecule has 3 aromatic rings. The average Bonchev–Trinajstić information content (AvgIpc) is 3.78. The lowest BCUT2D eigenvalue weighted by Gasteiger charge is -2.29. The van der Waals surface area contributed by atoms with Crippen LogP contribution >= 0.6 is 11.6 Å². The maximum atomic E-state index is 12.8. The third-order valence-corrected chi connectivity index (χ3v) is 7.89. The molecule has 6 rings (SSSR count). The van der Waals surface area contributed by atoms with E-state index in [1.807, 2.05) is 29.2 Å². The minimum Gasteiger partial charge on any atom is -0.378 e. The number of fused-ring (bicyclic) bond motifs is 1. The van der Waals surface area contributed by atoms with Gasteiger partial charge in [-0.25, -0.2) is 15.0 Å². The van der Waals surface area contributed by atoms with Gasteiger partial charge in [0.2, 0.25) is 5.95 Å². The molecule has 1 amide bonds. The topological polar surface area (TPSA) is 89.5 Å². The van der Waals surface area contributed by atoms with E-state index in [2.05, 4.69) is 15.3 Å². The van der Waals surface area contributed by atoms with Gasteiger partial charge in [-0.05, 0) is 62.1 Å². The second-order valence-electron chi connectivity index (χ2n) is 10.3. The molecule has 0 radical (unpaired) electrons. The average molecular weight is 522 g/mol. The van der Waals surface area contributed by atoms with Crippen molar-refractivity contribution in [1.82, 2.24) is 19.9 Å². The summed E-state index contributed by atoms with van der Waals surface area (Å²) in [7, 11) is 0. The molecule has 1 N–H and O–H groups in total. The SMILES string of the molecule is O=C(c1ccc(-c2cnc(Cl)c3cnc(N[C@H]4CC[C@H](OCC5CC5)CC4)nc23)cc1)N1CCOCC1. The first-order valence-electron chi connectivity index (χ1n) is 13.3. The van der Waals surface area contributed by atoms with Crippen LogP contribution in [0.3, 0.4) is 0 Å². The Balaban J connectivity index is 1.17. The first-order chi connectivity index (χ1) is 18.1. The molecule has 3 fully saturated rings. The summed E-state index contributed by atoms with van der Waals surface area (Å²) in [5.41, 5.74) is 3.18. The molecule has 2 aromatic heterocycles. The molecule has 0 atom stereocenters. The highest BCUT2D eigenvalue weighted by Crippen LogP contribution is 2.33. The second kappa shape index (κ2) is 10.9. The lowest BCUT2D eigenvalue weighted by Crippen LogP contribution is -2.40. The van der Waals surface area contributed by atoms with Crippen molar-refractivity contribution in [3.8, 4) is 11.1 Å². The van der Waals surface area contributed by atoms with Gasteiger partial charge < -0.3 is 19.7 Å². The maximum Gasteiger partial charge on any atom is 0.254 e. The molecule has 0 spiro atoms. The van der Waals surface area contributed by atoms with E-state index in [4.69, 9.17) is 26.1 Å². The van der Waals surface area contributed by atoms with Crippen LogP contribution in [0.4, 0.5) is 5.95 Å². The quantitative estimate of drug-likeness (QED) is 0.439. The Morgan fingerprint density at radius 1 is 1.03 bits per heavy atom. The molecule has 3 aliphatic rings. The number of anilines is 1. The number of benzene rings is 1. The van der Waals surface area contributed by atoms with Crippen molar-refractivity contribution in [3.05, 3.63) is 47.4 Å². The Morgan fingerprint density at radius 2 is 1.78 bits per heavy atom. The third kappa shape index (κ3) is 5.71. The highest BCUT2D eigenvalue weighted by molar-refractivity contribution is 6.34. The van der Waals surface area contributed by atoms with Crippen molar-refractivity contribution in [2.24, 2.45) is 5.92 Å². The molecule has 1 aromatic carbocycles. The molecular weight excluding hydrogens is 490 g/mol. The first kappa shape index (κ1) is 24.5. The van der Waals surface area contributed by atoms with Gasteiger partial charge in [0, 0.05) is 49.3 Å². The van der Waals surface area contributed by atoms with E-state index in [0.717, 1.165) is 54.9 Å². The fourth-order valence-corrected chi connectivity index (χ4v) is 5.31. The zero-order valence-corrected chi connectivity index (χ0v) is 21.6. The third-order valence-electron chi connectivity index (χ3n) is 7.59. The monoisotopic (exact) mass is 521 g/mol. The number of nitrogens with zero attached hydrogens (tertiary/aromatic N) is 4. The van der Waals surface area contributed by atoms with Crippen LogP contribution in [0.15, 0.2) is 36.7 Å². The number of pyridine rings is 1. The normalized spacial score (nSPS) is 22.2. The summed E-state index contributed by atoms with van der Waals surface area (Å²) in [5.74, 6) is 1.42. The molecule has 1 aliphatic heterocycles. The van der Waals surface area contributed by atoms with Crippen molar-refractivity contribution in [2.45, 2.75) is 50.7 Å². The first-order valence-corrected chi connectivity index (χ1v) is 13.7. The number of carbonyl (C=O) groups is 1. The van der Waals surface area contributed by atoms with Crippen LogP contribution in [0.5, 0.6) is 0 Å². The standard InChI is InChI=1S/C28H32ClN5O3/c29-26-24-16-31-28(32-21-7-9-22(10-8-21)37-17-18-1-2-18)33-25(24)23(15-30-26)19-3-5-20(6-4-19)27(35)34-11-13-36-14-12-34/h3-6,15-16,18,21-22H,1-2,7-14,17H2,(H,31,32,33)/t21-,22-. The van der Waals surface area contributed by atoms with E-state index in [1.165, 1.54) is 12.8 Å². The van der Waals surface area contributed by atoms with Gasteiger partial charge in [0.15, 0.2) is 0 Å². The van der Waals surface area contributed by atoms with E-state index in [9.17, 15) is 4.79 Å². The molecule has 194 valence electrons. The summed E-state index contributed by atoms with van der Waals surface area (Å²) in [4.78, 5) is 28.4. The molecule has 37 heavy (non-hydrogen) atoms. The molecule has 8 nitrogen and oxygen atoms in total. The summed E-state index contributed by atoms with van der Waals surface area (Å²) in [5, 5.41) is 4.60. The summed E-state index contributed by atoms with van der Waals surface area (Å²) >= 11 is 6.40. The van der Waals surface area contributed by atoms with Gasteiger partial charge in [-0.1, -0.05) is 23.7 Å².